The molecule has 0 radical (unpaired) electrons. The molecule has 0 bridgehead atoms. The van der Waals surface area contributed by atoms with Crippen molar-refractivity contribution >= 4 is 17.4 Å². The van der Waals surface area contributed by atoms with E-state index in [4.69, 9.17) is 0 Å². The van der Waals surface area contributed by atoms with Crippen LogP contribution in [0.4, 0.5) is 0 Å². The molecule has 0 aliphatic rings. The number of hydrogen-bond donors (Lipinski definition) is 0. The average molecular weight is 458 g/mol. The van der Waals surface area contributed by atoms with Crippen molar-refractivity contribution in [2.45, 2.75) is 84.0 Å². The lowest BCUT2D eigenvalue weighted by Crippen LogP contribution is -2.12. The van der Waals surface area contributed by atoms with Crippen LogP contribution in [0.5, 0.6) is 0 Å². The molecule has 0 fully saturated rings. The molecule has 0 unspecified atom stereocenters. The smallest absolute Gasteiger partial charge is 0.262 e. The molecule has 0 atom stereocenters. The van der Waals surface area contributed by atoms with E-state index in [9.17, 15) is 8.42 Å². The molecular formula is C25H46O3PS+. The Morgan fingerprint density at radius 3 is 1.53 bits per heavy atom. The Hall–Kier alpha value is -0.700. The first kappa shape index (κ1) is 29.3. The average Bonchev–Trinajstić information content (AvgIpc) is 2.78. The number of rotatable bonds is 16. The van der Waals surface area contributed by atoms with Gasteiger partial charge in [0.2, 0.25) is 0 Å². The minimum Gasteiger partial charge on any atom is -0.262 e. The highest BCUT2D eigenvalue weighted by Gasteiger charge is 2.34. The maximum Gasteiger partial charge on any atom is 0.297 e. The summed E-state index contributed by atoms with van der Waals surface area (Å²) < 4.78 is 27.3. The van der Waals surface area contributed by atoms with Gasteiger partial charge in [0.1, 0.15) is 0 Å². The normalized spacial score (nSPS) is 11.6. The topological polar surface area (TPSA) is 43.4 Å². The van der Waals surface area contributed by atoms with Gasteiger partial charge in [-0.15, -0.1) is 6.58 Å². The van der Waals surface area contributed by atoms with Gasteiger partial charge in [0.05, 0.1) is 36.2 Å². The zero-order valence-corrected chi connectivity index (χ0v) is 21.7. The van der Waals surface area contributed by atoms with Crippen molar-refractivity contribution in [3.63, 3.8) is 0 Å². The molecule has 5 heteroatoms. The van der Waals surface area contributed by atoms with Crippen LogP contribution >= 0.6 is 7.26 Å². The van der Waals surface area contributed by atoms with Crippen molar-refractivity contribution in [2.75, 3.05) is 31.3 Å². The predicted molar refractivity (Wildman–Crippen MR) is 136 cm³/mol. The highest BCUT2D eigenvalue weighted by Crippen LogP contribution is 2.61. The maximum absolute atomic E-state index is 11.3. The highest BCUT2D eigenvalue weighted by molar-refractivity contribution is 7.86. The largest absolute Gasteiger partial charge is 0.297 e. The molecule has 1 aromatic rings. The van der Waals surface area contributed by atoms with Gasteiger partial charge in [0.25, 0.3) is 10.1 Å². The highest BCUT2D eigenvalue weighted by atomic mass is 32.2. The van der Waals surface area contributed by atoms with Crippen LogP contribution in [0.2, 0.25) is 0 Å². The molecule has 0 N–H and O–H groups in total. The summed E-state index contributed by atoms with van der Waals surface area (Å²) in [7, 11) is -4.16. The maximum atomic E-state index is 11.3. The molecule has 0 amide bonds. The zero-order chi connectivity index (χ0) is 22.7. The lowest BCUT2D eigenvalue weighted by molar-refractivity contribution is 0.357. The summed E-state index contributed by atoms with van der Waals surface area (Å²) in [5, 5.41) is 0. The molecule has 0 spiro atoms. The first-order valence-electron chi connectivity index (χ1n) is 11.8. The molecule has 1 aromatic carbocycles. The fourth-order valence-corrected chi connectivity index (χ4v) is 9.63. The lowest BCUT2D eigenvalue weighted by Gasteiger charge is -2.28. The van der Waals surface area contributed by atoms with Crippen molar-refractivity contribution in [1.29, 1.82) is 0 Å². The fraction of sp³-hybridized carbons (Fsp3) is 0.680. The van der Waals surface area contributed by atoms with E-state index in [2.05, 4.69) is 38.5 Å². The molecule has 0 aromatic heterocycles. The molecular weight excluding hydrogens is 411 g/mol. The summed E-state index contributed by atoms with van der Waals surface area (Å²) in [4.78, 5) is 0.164. The summed E-state index contributed by atoms with van der Waals surface area (Å²) >= 11 is 0. The van der Waals surface area contributed by atoms with E-state index in [1.54, 1.807) is 42.8 Å². The Morgan fingerprint density at radius 2 is 1.20 bits per heavy atom. The summed E-state index contributed by atoms with van der Waals surface area (Å²) in [6, 6.07) is 8.00. The molecule has 30 heavy (non-hydrogen) atoms. The van der Waals surface area contributed by atoms with Gasteiger partial charge in [0, 0.05) is 7.26 Å². The van der Waals surface area contributed by atoms with Crippen LogP contribution in [-0.2, 0) is 14.3 Å². The van der Waals surface area contributed by atoms with E-state index in [0.29, 0.717) is 0 Å². The van der Waals surface area contributed by atoms with Crippen molar-refractivity contribution in [3.8, 4) is 0 Å². The number of benzene rings is 1. The molecule has 0 saturated heterocycles. The van der Waals surface area contributed by atoms with Gasteiger partial charge in [-0.1, -0.05) is 77.7 Å². The second-order valence-electron chi connectivity index (χ2n) is 7.99. The summed E-state index contributed by atoms with van der Waals surface area (Å²) in [5.41, 5.74) is 0. The van der Waals surface area contributed by atoms with E-state index in [1.165, 1.54) is 69.6 Å². The van der Waals surface area contributed by atoms with Crippen LogP contribution in [0.3, 0.4) is 0 Å². The quantitative estimate of drug-likeness (QED) is 0.145. The van der Waals surface area contributed by atoms with Crippen LogP contribution < -0.4 is 0 Å². The Morgan fingerprint density at radius 1 is 0.800 bits per heavy atom. The first-order valence-corrected chi connectivity index (χ1v) is 15.8. The van der Waals surface area contributed by atoms with Crippen LogP contribution in [0.25, 0.3) is 0 Å². The van der Waals surface area contributed by atoms with Crippen molar-refractivity contribution in [1.82, 2.24) is 0 Å². The molecule has 0 aliphatic heterocycles. The Labute approximate surface area is 188 Å². The van der Waals surface area contributed by atoms with Gasteiger partial charge >= 0.3 is 0 Å². The lowest BCUT2D eigenvalue weighted by atomic mass is 10.4. The molecule has 0 heterocycles. The van der Waals surface area contributed by atoms with Gasteiger partial charge in [0.15, 0.2) is 0 Å². The van der Waals surface area contributed by atoms with Gasteiger partial charge < -0.3 is 0 Å². The molecule has 174 valence electrons. The third kappa shape index (κ3) is 12.9. The van der Waals surface area contributed by atoms with Crippen molar-refractivity contribution < 1.29 is 12.6 Å². The minimum absolute atomic E-state index is 0.00275. The predicted octanol–water partition coefficient (Wildman–Crippen LogP) is 7.78. The molecule has 3 nitrogen and oxygen atoms in total. The SMILES string of the molecule is C=CCOS(=O)(=O)c1ccccc1.CCCC[P+](CCCC)(CCCC)CCCC. The van der Waals surface area contributed by atoms with Crippen LogP contribution in [0.15, 0.2) is 47.9 Å². The number of unbranched alkanes of at least 4 members (excludes halogenated alkanes) is 4. The Kier molecular flexibility index (Phi) is 17.5. The minimum atomic E-state index is -3.59. The van der Waals surface area contributed by atoms with Crippen molar-refractivity contribution in [2.24, 2.45) is 0 Å². The second kappa shape index (κ2) is 17.9. The zero-order valence-electron chi connectivity index (χ0n) is 19.9. The van der Waals surface area contributed by atoms with E-state index in [1.807, 2.05) is 0 Å². The van der Waals surface area contributed by atoms with Crippen LogP contribution in [0, 0.1) is 0 Å². The molecule has 0 aliphatic carbocycles. The first-order chi connectivity index (χ1) is 14.4. The summed E-state index contributed by atoms with van der Waals surface area (Å²) in [6.07, 6.45) is 19.3. The van der Waals surface area contributed by atoms with Gasteiger partial charge in [-0.3, -0.25) is 4.18 Å². The van der Waals surface area contributed by atoms with E-state index in [-0.39, 0.29) is 11.5 Å². The standard InChI is InChI=1S/C16H36P.C9H10O3S/c1-5-9-13-17(14-10-6-2,15-11-7-3)16-12-8-4;1-2-8-12-13(10,11)9-6-4-3-5-7-9/h5-16H2,1-4H3;2-7H,1,8H2/q+1;. The Balaban J connectivity index is 0.000000579. The Bertz CT molecular complexity index is 592. The summed E-state index contributed by atoms with van der Waals surface area (Å²) in [6.45, 7) is 12.8. The van der Waals surface area contributed by atoms with Gasteiger partial charge in [-0.2, -0.15) is 8.42 Å². The third-order valence-corrected chi connectivity index (χ3v) is 11.7. The third-order valence-electron chi connectivity index (χ3n) is 5.32. The number of hydrogen-bond acceptors (Lipinski definition) is 3. The molecule has 0 saturated carbocycles. The van der Waals surface area contributed by atoms with E-state index >= 15 is 0 Å². The fourth-order valence-electron chi connectivity index (χ4n) is 3.44. The molecule has 1 rings (SSSR count). The second-order valence-corrected chi connectivity index (χ2v) is 14.1. The van der Waals surface area contributed by atoms with Crippen molar-refractivity contribution in [3.05, 3.63) is 43.0 Å². The van der Waals surface area contributed by atoms with Crippen LogP contribution in [0.1, 0.15) is 79.1 Å². The monoisotopic (exact) mass is 457 g/mol. The van der Waals surface area contributed by atoms with Crippen LogP contribution in [-0.4, -0.2) is 39.7 Å². The van der Waals surface area contributed by atoms with E-state index in [0.717, 1.165) is 0 Å². The van der Waals surface area contributed by atoms with Gasteiger partial charge in [-0.05, 0) is 37.8 Å². The summed E-state index contributed by atoms with van der Waals surface area (Å²) in [5.74, 6) is 0. The van der Waals surface area contributed by atoms with Gasteiger partial charge in [-0.25, -0.2) is 0 Å². The van der Waals surface area contributed by atoms with E-state index < -0.39 is 17.4 Å².